The maximum atomic E-state index is 10.3. The van der Waals surface area contributed by atoms with Crippen LogP contribution < -0.4 is 0 Å². The third-order valence-corrected chi connectivity index (χ3v) is 11.2. The van der Waals surface area contributed by atoms with Crippen LogP contribution in [0.15, 0.2) is 23.8 Å². The number of allylic oxidation sites excluding steroid dienone is 2. The first-order chi connectivity index (χ1) is 14.7. The monoisotopic (exact) mass is 426 g/mol. The molecule has 3 nitrogen and oxygen atoms in total. The number of hydrogen-bond acceptors (Lipinski definition) is 3. The van der Waals surface area contributed by atoms with Crippen molar-refractivity contribution in [2.24, 2.45) is 40.4 Å². The Kier molecular flexibility index (Phi) is 4.52. The van der Waals surface area contributed by atoms with E-state index in [2.05, 4.69) is 40.3 Å². The molecule has 3 saturated carbocycles. The maximum Gasteiger partial charge on any atom is 0.165 e. The third-order valence-electron chi connectivity index (χ3n) is 11.2. The zero-order valence-corrected chi connectivity index (χ0v) is 20.0. The molecule has 6 rings (SSSR count). The van der Waals surface area contributed by atoms with Crippen molar-refractivity contribution in [2.45, 2.75) is 110 Å². The van der Waals surface area contributed by atoms with E-state index >= 15 is 0 Å². The standard InChI is InChI=1S/C28H42O3/c1-16(2)17(3)8-12-27(5)23-15-22-24-20-7-6-18-14-19(29)9-11-26(18,4)21(20)10-13-28(23,24)25(30-22)31-27/h7,16,18-19,21-25,29H,3,6,8-15H2,1-2,4-5H3/t18?,19?,21?,22?,23?,24?,25-,26?,27?,28?/m1/s1. The lowest BCUT2D eigenvalue weighted by Gasteiger charge is -2.56. The maximum absolute atomic E-state index is 10.3. The van der Waals surface area contributed by atoms with Crippen molar-refractivity contribution in [1.82, 2.24) is 0 Å². The van der Waals surface area contributed by atoms with Crippen LogP contribution in [0.5, 0.6) is 0 Å². The highest BCUT2D eigenvalue weighted by Crippen LogP contribution is 2.75. The van der Waals surface area contributed by atoms with Gasteiger partial charge in [-0.05, 0) is 87.9 Å². The van der Waals surface area contributed by atoms with Gasteiger partial charge in [-0.1, -0.05) is 44.6 Å². The van der Waals surface area contributed by atoms with E-state index in [0.29, 0.717) is 41.1 Å². The van der Waals surface area contributed by atoms with Gasteiger partial charge < -0.3 is 14.6 Å². The molecular weight excluding hydrogens is 384 g/mol. The number of hydrogen-bond donors (Lipinski definition) is 1. The fourth-order valence-corrected chi connectivity index (χ4v) is 9.32. The van der Waals surface area contributed by atoms with Crippen LogP contribution >= 0.6 is 0 Å². The van der Waals surface area contributed by atoms with E-state index in [9.17, 15) is 5.11 Å². The smallest absolute Gasteiger partial charge is 0.165 e. The SMILES string of the molecule is C=C(CCC1(C)O[C@H]2OC3CC1C21CCC2C(=CCC4CC(O)CCC42C)C31)C(C)C. The van der Waals surface area contributed by atoms with Crippen molar-refractivity contribution < 1.29 is 14.6 Å². The van der Waals surface area contributed by atoms with Gasteiger partial charge in [0.1, 0.15) is 0 Å². The van der Waals surface area contributed by atoms with E-state index in [1.54, 1.807) is 5.57 Å². The lowest BCUT2D eigenvalue weighted by atomic mass is 9.47. The van der Waals surface area contributed by atoms with Crippen LogP contribution in [-0.2, 0) is 9.47 Å². The van der Waals surface area contributed by atoms with Crippen LogP contribution in [0.4, 0.5) is 0 Å². The molecule has 2 saturated heterocycles. The van der Waals surface area contributed by atoms with Crippen LogP contribution in [-0.4, -0.2) is 29.2 Å². The van der Waals surface area contributed by atoms with Gasteiger partial charge in [-0.15, -0.1) is 0 Å². The highest BCUT2D eigenvalue weighted by atomic mass is 16.7. The Morgan fingerprint density at radius 3 is 2.81 bits per heavy atom. The molecule has 1 spiro atoms. The fourth-order valence-electron chi connectivity index (χ4n) is 9.32. The van der Waals surface area contributed by atoms with Crippen LogP contribution in [0.3, 0.4) is 0 Å². The van der Waals surface area contributed by atoms with Crippen molar-refractivity contribution in [3.05, 3.63) is 23.8 Å². The average molecular weight is 427 g/mol. The molecule has 4 aliphatic carbocycles. The van der Waals surface area contributed by atoms with Crippen molar-refractivity contribution in [3.8, 4) is 0 Å². The van der Waals surface area contributed by atoms with E-state index in [0.717, 1.165) is 32.1 Å². The zero-order chi connectivity index (χ0) is 21.8. The highest BCUT2D eigenvalue weighted by Gasteiger charge is 2.77. The van der Waals surface area contributed by atoms with Gasteiger partial charge >= 0.3 is 0 Å². The van der Waals surface area contributed by atoms with E-state index in [1.165, 1.54) is 31.3 Å². The molecule has 3 heteroatoms. The molecular formula is C28H42O3. The quantitative estimate of drug-likeness (QED) is 0.559. The van der Waals surface area contributed by atoms with E-state index in [-0.39, 0.29) is 23.4 Å². The molecule has 1 N–H and O–H groups in total. The highest BCUT2D eigenvalue weighted by molar-refractivity contribution is 5.34. The lowest BCUT2D eigenvalue weighted by molar-refractivity contribution is -0.173. The van der Waals surface area contributed by atoms with Crippen LogP contribution in [0, 0.1) is 40.4 Å². The first-order valence-corrected chi connectivity index (χ1v) is 13.1. The molecule has 172 valence electrons. The van der Waals surface area contributed by atoms with Gasteiger partial charge in [0.25, 0.3) is 0 Å². The van der Waals surface area contributed by atoms with E-state index < -0.39 is 0 Å². The van der Waals surface area contributed by atoms with Gasteiger partial charge in [-0.25, -0.2) is 0 Å². The Bertz CT molecular complexity index is 815. The first kappa shape index (κ1) is 20.9. The molecule has 0 aromatic rings. The van der Waals surface area contributed by atoms with Crippen LogP contribution in [0.1, 0.15) is 85.5 Å². The second-order valence-corrected chi connectivity index (χ2v) is 12.8. The summed E-state index contributed by atoms with van der Waals surface area (Å²) < 4.78 is 13.5. The summed E-state index contributed by atoms with van der Waals surface area (Å²) in [6.07, 6.45) is 13.1. The summed E-state index contributed by atoms with van der Waals surface area (Å²) in [5.74, 6) is 3.07. The Morgan fingerprint density at radius 2 is 2.03 bits per heavy atom. The van der Waals surface area contributed by atoms with E-state index in [1.807, 2.05) is 0 Å². The predicted octanol–water partition coefficient (Wildman–Crippen LogP) is 6.02. The van der Waals surface area contributed by atoms with Gasteiger partial charge in [0.05, 0.1) is 17.8 Å². The Morgan fingerprint density at radius 1 is 1.23 bits per heavy atom. The minimum atomic E-state index is -0.0838. The van der Waals surface area contributed by atoms with Gasteiger partial charge in [0.2, 0.25) is 0 Å². The Balaban J connectivity index is 1.30. The molecule has 5 fully saturated rings. The van der Waals surface area contributed by atoms with Gasteiger partial charge in [-0.2, -0.15) is 0 Å². The lowest BCUT2D eigenvalue weighted by Crippen LogP contribution is -2.51. The second-order valence-electron chi connectivity index (χ2n) is 12.8. The van der Waals surface area contributed by atoms with Crippen molar-refractivity contribution in [1.29, 1.82) is 0 Å². The average Bonchev–Trinajstić information content (AvgIpc) is 3.25. The minimum absolute atomic E-state index is 0.000812. The molecule has 0 aromatic heterocycles. The van der Waals surface area contributed by atoms with E-state index in [4.69, 9.17) is 9.47 Å². The number of aliphatic hydroxyl groups excluding tert-OH is 1. The van der Waals surface area contributed by atoms with Crippen LogP contribution in [0.2, 0.25) is 0 Å². The van der Waals surface area contributed by atoms with Crippen molar-refractivity contribution in [2.75, 3.05) is 0 Å². The molecule has 0 radical (unpaired) electrons. The van der Waals surface area contributed by atoms with Gasteiger partial charge in [-0.3, -0.25) is 0 Å². The summed E-state index contributed by atoms with van der Waals surface area (Å²) in [6.45, 7) is 13.8. The molecule has 31 heavy (non-hydrogen) atoms. The Labute approximate surface area is 188 Å². The summed E-state index contributed by atoms with van der Waals surface area (Å²) in [5, 5.41) is 10.3. The predicted molar refractivity (Wildman–Crippen MR) is 122 cm³/mol. The topological polar surface area (TPSA) is 38.7 Å². The largest absolute Gasteiger partial charge is 0.393 e. The summed E-state index contributed by atoms with van der Waals surface area (Å²) in [6, 6.07) is 0. The molecule has 6 aliphatic rings. The molecule has 2 bridgehead atoms. The van der Waals surface area contributed by atoms with Gasteiger partial charge in [0.15, 0.2) is 6.29 Å². The number of ether oxygens (including phenoxy) is 2. The zero-order valence-electron chi connectivity index (χ0n) is 20.0. The summed E-state index contributed by atoms with van der Waals surface area (Å²) >= 11 is 0. The molecule has 0 aromatic carbocycles. The molecule has 2 heterocycles. The Hall–Kier alpha value is -0.640. The molecule has 9 unspecified atom stereocenters. The normalized spacial score (nSPS) is 54.4. The summed E-state index contributed by atoms with van der Waals surface area (Å²) in [4.78, 5) is 0. The molecule has 2 aliphatic heterocycles. The van der Waals surface area contributed by atoms with Crippen molar-refractivity contribution in [3.63, 3.8) is 0 Å². The third kappa shape index (κ3) is 2.63. The number of aliphatic hydroxyl groups is 1. The second kappa shape index (κ2) is 6.70. The summed E-state index contributed by atoms with van der Waals surface area (Å²) in [5.41, 5.74) is 3.58. The number of rotatable bonds is 4. The fraction of sp³-hybridized carbons (Fsp3) is 0.857. The molecule has 10 atom stereocenters. The first-order valence-electron chi connectivity index (χ1n) is 13.1. The van der Waals surface area contributed by atoms with Crippen LogP contribution in [0.25, 0.3) is 0 Å². The summed E-state index contributed by atoms with van der Waals surface area (Å²) in [7, 11) is 0. The van der Waals surface area contributed by atoms with Crippen molar-refractivity contribution >= 4 is 0 Å². The van der Waals surface area contributed by atoms with Gasteiger partial charge in [0, 0.05) is 17.3 Å². The minimum Gasteiger partial charge on any atom is -0.393 e. The molecule has 0 amide bonds. The number of fused-ring (bicyclic) bond motifs is 3.